The smallest absolute Gasteiger partial charge is 0.347 e. The number of hydrogen-bond donors (Lipinski definition) is 0. The molecule has 7 heteroatoms. The summed E-state index contributed by atoms with van der Waals surface area (Å²) in [5.74, 6) is -3.42. The van der Waals surface area contributed by atoms with Gasteiger partial charge in [0.15, 0.2) is 0 Å². The Morgan fingerprint density at radius 3 is 2.00 bits per heavy atom. The van der Waals surface area contributed by atoms with Crippen LogP contribution in [-0.2, 0) is 33.3 Å². The Hall–Kier alpha value is -2.05. The Kier molecular flexibility index (Phi) is 7.18. The van der Waals surface area contributed by atoms with E-state index in [1.165, 1.54) is 0 Å². The zero-order valence-electron chi connectivity index (χ0n) is 10.5. The highest BCUT2D eigenvalue weighted by Crippen LogP contribution is 2.17. The van der Waals surface area contributed by atoms with Crippen LogP contribution >= 0.6 is 0 Å². The van der Waals surface area contributed by atoms with Gasteiger partial charge in [-0.1, -0.05) is 6.58 Å². The highest BCUT2D eigenvalue weighted by atomic mass is 16.6. The lowest BCUT2D eigenvalue weighted by atomic mass is 9.98. The van der Waals surface area contributed by atoms with Gasteiger partial charge in [-0.15, -0.1) is 0 Å². The minimum atomic E-state index is -1.31. The topological polar surface area (TPSA) is 88.1 Å². The van der Waals surface area contributed by atoms with Crippen molar-refractivity contribution < 1.29 is 33.3 Å². The zero-order valence-corrected chi connectivity index (χ0v) is 10.5. The van der Waals surface area contributed by atoms with Gasteiger partial charge in [-0.2, -0.15) is 0 Å². The second-order valence-corrected chi connectivity index (χ2v) is 3.16. The van der Waals surface area contributed by atoms with Crippen LogP contribution in [0.25, 0.3) is 0 Å². The fraction of sp³-hybridized carbons (Fsp3) is 0.545. The van der Waals surface area contributed by atoms with E-state index in [9.17, 15) is 14.4 Å². The predicted octanol–water partition coefficient (Wildman–Crippen LogP) is 0.0404. The van der Waals surface area contributed by atoms with Crippen LogP contribution in [0.1, 0.15) is 6.42 Å². The number of ether oxygens (including phenoxy) is 4. The molecule has 0 saturated heterocycles. The van der Waals surface area contributed by atoms with Crippen molar-refractivity contribution >= 4 is 17.9 Å². The molecule has 102 valence electrons. The van der Waals surface area contributed by atoms with Gasteiger partial charge in [0.05, 0.1) is 34.0 Å². The van der Waals surface area contributed by atoms with Gasteiger partial charge < -0.3 is 18.9 Å². The van der Waals surface area contributed by atoms with Gasteiger partial charge in [0.2, 0.25) is 6.10 Å². The highest BCUT2D eigenvalue weighted by Gasteiger charge is 2.38. The van der Waals surface area contributed by atoms with Gasteiger partial charge in [-0.3, -0.25) is 9.59 Å². The molecule has 0 aromatic rings. The molecule has 0 saturated carbocycles. The Morgan fingerprint density at radius 2 is 1.61 bits per heavy atom. The van der Waals surface area contributed by atoms with Crippen LogP contribution in [0.5, 0.6) is 0 Å². The zero-order chi connectivity index (χ0) is 14.1. The summed E-state index contributed by atoms with van der Waals surface area (Å²) in [6, 6.07) is 0. The molecule has 7 nitrogen and oxygen atoms in total. The number of esters is 3. The van der Waals surface area contributed by atoms with Gasteiger partial charge in [-0.05, 0) is 0 Å². The molecule has 0 spiro atoms. The lowest BCUT2D eigenvalue weighted by Crippen LogP contribution is -2.39. The quantitative estimate of drug-likeness (QED) is 0.363. The molecule has 0 N–H and O–H groups in total. The highest BCUT2D eigenvalue weighted by molar-refractivity contribution is 5.87. The number of carbonyl (C=O) groups is 3. The van der Waals surface area contributed by atoms with E-state index in [0.717, 1.165) is 27.6 Å². The van der Waals surface area contributed by atoms with E-state index in [1.54, 1.807) is 0 Å². The Labute approximate surface area is 105 Å². The largest absolute Gasteiger partial charge is 0.486 e. The monoisotopic (exact) mass is 260 g/mol. The van der Waals surface area contributed by atoms with Crippen molar-refractivity contribution in [3.8, 4) is 0 Å². The first-order valence-electron chi connectivity index (χ1n) is 5.00. The van der Waals surface area contributed by atoms with E-state index in [0.29, 0.717) is 0 Å². The maximum Gasteiger partial charge on any atom is 0.347 e. The second kappa shape index (κ2) is 8.10. The summed E-state index contributed by atoms with van der Waals surface area (Å²) >= 11 is 0. The molecule has 0 aliphatic heterocycles. The summed E-state index contributed by atoms with van der Waals surface area (Å²) in [6.07, 6.45) is -0.690. The van der Waals surface area contributed by atoms with Crippen LogP contribution in [0, 0.1) is 5.92 Å². The SMILES string of the molecule is C=COC(C(=O)OC)C(CC(=O)OC)C(=O)OC. The van der Waals surface area contributed by atoms with E-state index in [4.69, 9.17) is 4.74 Å². The molecule has 0 radical (unpaired) electrons. The molecule has 0 aromatic heterocycles. The molecule has 18 heavy (non-hydrogen) atoms. The van der Waals surface area contributed by atoms with E-state index in [-0.39, 0.29) is 6.42 Å². The second-order valence-electron chi connectivity index (χ2n) is 3.16. The van der Waals surface area contributed by atoms with Gasteiger partial charge in [-0.25, -0.2) is 4.79 Å². The Balaban J connectivity index is 5.08. The third-order valence-electron chi connectivity index (χ3n) is 2.16. The average Bonchev–Trinajstić information content (AvgIpc) is 2.40. The summed E-state index contributed by atoms with van der Waals surface area (Å²) in [6.45, 7) is 3.29. The predicted molar refractivity (Wildman–Crippen MR) is 59.2 cm³/mol. The van der Waals surface area contributed by atoms with Crippen molar-refractivity contribution in [2.24, 2.45) is 5.92 Å². The van der Waals surface area contributed by atoms with Gasteiger partial charge in [0.25, 0.3) is 0 Å². The Morgan fingerprint density at radius 1 is 1.06 bits per heavy atom. The third-order valence-corrected chi connectivity index (χ3v) is 2.16. The summed E-state index contributed by atoms with van der Waals surface area (Å²) in [5.41, 5.74) is 0. The first-order valence-corrected chi connectivity index (χ1v) is 5.00. The van der Waals surface area contributed by atoms with Crippen LogP contribution in [0.2, 0.25) is 0 Å². The van der Waals surface area contributed by atoms with E-state index in [1.807, 2.05) is 0 Å². The fourth-order valence-electron chi connectivity index (χ4n) is 1.26. The molecule has 0 aliphatic rings. The minimum absolute atomic E-state index is 0.364. The maximum atomic E-state index is 11.5. The van der Waals surface area contributed by atoms with E-state index in [2.05, 4.69) is 20.8 Å². The van der Waals surface area contributed by atoms with Crippen molar-refractivity contribution in [3.63, 3.8) is 0 Å². The molecule has 0 heterocycles. The summed E-state index contributed by atoms with van der Waals surface area (Å²) in [7, 11) is 3.43. The van der Waals surface area contributed by atoms with Crippen molar-refractivity contribution in [2.75, 3.05) is 21.3 Å². The van der Waals surface area contributed by atoms with Crippen molar-refractivity contribution in [1.29, 1.82) is 0 Å². The molecule has 2 atom stereocenters. The molecular formula is C11H16O7. The van der Waals surface area contributed by atoms with Crippen molar-refractivity contribution in [1.82, 2.24) is 0 Å². The summed E-state index contributed by atoms with van der Waals surface area (Å²) in [5, 5.41) is 0. The summed E-state index contributed by atoms with van der Waals surface area (Å²) in [4.78, 5) is 34.2. The molecule has 0 amide bonds. The lowest BCUT2D eigenvalue weighted by molar-refractivity contribution is -0.166. The van der Waals surface area contributed by atoms with Crippen LogP contribution in [-0.4, -0.2) is 45.3 Å². The number of rotatable bonds is 7. The van der Waals surface area contributed by atoms with E-state index >= 15 is 0 Å². The van der Waals surface area contributed by atoms with Crippen molar-refractivity contribution in [2.45, 2.75) is 12.5 Å². The van der Waals surface area contributed by atoms with Crippen LogP contribution in [0.15, 0.2) is 12.8 Å². The van der Waals surface area contributed by atoms with Crippen LogP contribution in [0.4, 0.5) is 0 Å². The molecule has 0 fully saturated rings. The number of methoxy groups -OCH3 is 3. The third kappa shape index (κ3) is 4.44. The molecule has 2 unspecified atom stereocenters. The summed E-state index contributed by atoms with van der Waals surface area (Å²) < 4.78 is 18.3. The lowest BCUT2D eigenvalue weighted by Gasteiger charge is -2.21. The van der Waals surface area contributed by atoms with E-state index < -0.39 is 29.9 Å². The standard InChI is InChI=1S/C11H16O7/c1-5-18-9(11(14)17-4)7(10(13)16-3)6-8(12)15-2/h5,7,9H,1,6H2,2-4H3. The maximum absolute atomic E-state index is 11.5. The first-order chi connectivity index (χ1) is 8.51. The van der Waals surface area contributed by atoms with Crippen LogP contribution < -0.4 is 0 Å². The molecule has 0 aromatic carbocycles. The van der Waals surface area contributed by atoms with Gasteiger partial charge >= 0.3 is 17.9 Å². The molecular weight excluding hydrogens is 244 g/mol. The number of hydrogen-bond acceptors (Lipinski definition) is 7. The molecule has 0 bridgehead atoms. The van der Waals surface area contributed by atoms with Gasteiger partial charge in [0.1, 0.15) is 5.92 Å². The molecule has 0 rings (SSSR count). The fourth-order valence-corrected chi connectivity index (χ4v) is 1.26. The van der Waals surface area contributed by atoms with Gasteiger partial charge in [0, 0.05) is 0 Å². The minimum Gasteiger partial charge on any atom is -0.486 e. The van der Waals surface area contributed by atoms with Crippen LogP contribution in [0.3, 0.4) is 0 Å². The normalized spacial score (nSPS) is 12.8. The average molecular weight is 260 g/mol. The molecule has 0 aliphatic carbocycles. The van der Waals surface area contributed by atoms with Crippen molar-refractivity contribution in [3.05, 3.63) is 12.8 Å². The Bertz CT molecular complexity index is 323. The number of carbonyl (C=O) groups excluding carboxylic acids is 3. The first kappa shape index (κ1) is 16.0.